The standard InChI is InChI=1S/C15H13BrCl2S/c16-11(6-9-4-5-12(17)13(18)7-9)15-8-10-2-1-3-14(10)19-15/h4-5,7-8,11H,1-3,6H2. The minimum absolute atomic E-state index is 0.361. The van der Waals surface area contributed by atoms with Gasteiger partial charge in [-0.15, -0.1) is 11.3 Å². The van der Waals surface area contributed by atoms with E-state index in [9.17, 15) is 0 Å². The van der Waals surface area contributed by atoms with Crippen molar-refractivity contribution < 1.29 is 0 Å². The zero-order chi connectivity index (χ0) is 13.4. The first-order valence-corrected chi connectivity index (χ1v) is 8.82. The van der Waals surface area contributed by atoms with Crippen molar-refractivity contribution in [2.45, 2.75) is 30.5 Å². The van der Waals surface area contributed by atoms with Crippen molar-refractivity contribution in [3.05, 3.63) is 55.2 Å². The predicted molar refractivity (Wildman–Crippen MR) is 88.2 cm³/mol. The predicted octanol–water partition coefficient (Wildman–Crippen LogP) is 6.22. The fourth-order valence-corrected chi connectivity index (χ4v) is 4.82. The molecule has 19 heavy (non-hydrogen) atoms. The van der Waals surface area contributed by atoms with Crippen molar-refractivity contribution in [1.29, 1.82) is 0 Å². The molecule has 3 rings (SSSR count). The van der Waals surface area contributed by atoms with Gasteiger partial charge in [0.15, 0.2) is 0 Å². The van der Waals surface area contributed by atoms with Crippen LogP contribution in [0.1, 0.15) is 32.1 Å². The van der Waals surface area contributed by atoms with Gasteiger partial charge in [-0.3, -0.25) is 0 Å². The lowest BCUT2D eigenvalue weighted by Crippen LogP contribution is -1.93. The Bertz CT molecular complexity index is 585. The molecule has 0 nitrogen and oxygen atoms in total. The molecule has 1 heterocycles. The van der Waals surface area contributed by atoms with Crippen LogP contribution >= 0.6 is 50.5 Å². The lowest BCUT2D eigenvalue weighted by molar-refractivity contribution is 0.909. The molecule has 0 saturated carbocycles. The van der Waals surface area contributed by atoms with Crippen molar-refractivity contribution in [3.63, 3.8) is 0 Å². The molecule has 1 atom stereocenters. The monoisotopic (exact) mass is 374 g/mol. The van der Waals surface area contributed by atoms with Crippen molar-refractivity contribution in [1.82, 2.24) is 0 Å². The molecular formula is C15H13BrCl2S. The van der Waals surface area contributed by atoms with Crippen LogP contribution in [0.25, 0.3) is 0 Å². The van der Waals surface area contributed by atoms with Crippen molar-refractivity contribution >= 4 is 50.5 Å². The van der Waals surface area contributed by atoms with Crippen molar-refractivity contribution in [2.24, 2.45) is 0 Å². The van der Waals surface area contributed by atoms with Gasteiger partial charge < -0.3 is 0 Å². The molecule has 0 aliphatic heterocycles. The summed E-state index contributed by atoms with van der Waals surface area (Å²) in [5, 5.41) is 1.25. The number of benzene rings is 1. The Morgan fingerprint density at radius 1 is 1.16 bits per heavy atom. The molecular weight excluding hydrogens is 363 g/mol. The lowest BCUT2D eigenvalue weighted by atomic mass is 10.1. The Labute approximate surface area is 135 Å². The van der Waals surface area contributed by atoms with Gasteiger partial charge in [0.05, 0.1) is 14.9 Å². The molecule has 0 fully saturated rings. The molecule has 4 heteroatoms. The number of halogens is 3. The molecule has 0 amide bonds. The molecule has 0 saturated heterocycles. The molecule has 1 unspecified atom stereocenters. The zero-order valence-electron chi connectivity index (χ0n) is 10.3. The average molecular weight is 376 g/mol. The normalized spacial score (nSPS) is 15.5. The summed E-state index contributed by atoms with van der Waals surface area (Å²) in [5.41, 5.74) is 2.77. The summed E-state index contributed by atoms with van der Waals surface area (Å²) in [6, 6.07) is 8.24. The van der Waals surface area contributed by atoms with Gasteiger partial charge in [-0.1, -0.05) is 45.2 Å². The summed E-state index contributed by atoms with van der Waals surface area (Å²) in [5.74, 6) is 0. The summed E-state index contributed by atoms with van der Waals surface area (Å²) >= 11 is 17.8. The third-order valence-electron chi connectivity index (χ3n) is 3.47. The minimum atomic E-state index is 0.361. The molecule has 0 N–H and O–H groups in total. The van der Waals surface area contributed by atoms with E-state index in [0.29, 0.717) is 14.9 Å². The first-order valence-electron chi connectivity index (χ1n) is 6.33. The van der Waals surface area contributed by atoms with Gasteiger partial charge in [0.25, 0.3) is 0 Å². The van der Waals surface area contributed by atoms with Crippen LogP contribution in [0, 0.1) is 0 Å². The number of hydrogen-bond donors (Lipinski definition) is 0. The second-order valence-corrected chi connectivity index (χ2v) is 7.96. The van der Waals surface area contributed by atoms with E-state index in [-0.39, 0.29) is 0 Å². The number of thiophene rings is 1. The van der Waals surface area contributed by atoms with Gasteiger partial charge in [0, 0.05) is 9.75 Å². The van der Waals surface area contributed by atoms with Crippen molar-refractivity contribution in [2.75, 3.05) is 0 Å². The van der Waals surface area contributed by atoms with E-state index in [1.807, 2.05) is 29.5 Å². The second-order valence-electron chi connectivity index (χ2n) is 4.87. The quantitative estimate of drug-likeness (QED) is 0.558. The highest BCUT2D eigenvalue weighted by atomic mass is 79.9. The Morgan fingerprint density at radius 2 is 2.00 bits per heavy atom. The van der Waals surface area contributed by atoms with Gasteiger partial charge in [-0.2, -0.15) is 0 Å². The summed E-state index contributed by atoms with van der Waals surface area (Å²) in [6.07, 6.45) is 4.77. The topological polar surface area (TPSA) is 0 Å². The van der Waals surface area contributed by atoms with E-state index in [1.54, 1.807) is 10.4 Å². The Balaban J connectivity index is 1.76. The van der Waals surface area contributed by atoms with E-state index >= 15 is 0 Å². The van der Waals surface area contributed by atoms with Gasteiger partial charge in [-0.05, 0) is 55.0 Å². The van der Waals surface area contributed by atoms with Gasteiger partial charge in [0.1, 0.15) is 0 Å². The van der Waals surface area contributed by atoms with Crippen LogP contribution in [0.4, 0.5) is 0 Å². The van der Waals surface area contributed by atoms with Crippen LogP contribution in [-0.2, 0) is 19.3 Å². The summed E-state index contributed by atoms with van der Waals surface area (Å²) in [7, 11) is 0. The summed E-state index contributed by atoms with van der Waals surface area (Å²) < 4.78 is 0. The fourth-order valence-electron chi connectivity index (χ4n) is 2.48. The third-order valence-corrected chi connectivity index (χ3v) is 6.68. The minimum Gasteiger partial charge on any atom is -0.144 e. The van der Waals surface area contributed by atoms with E-state index in [2.05, 4.69) is 22.0 Å². The van der Waals surface area contributed by atoms with E-state index in [0.717, 1.165) is 6.42 Å². The Morgan fingerprint density at radius 3 is 2.74 bits per heavy atom. The highest BCUT2D eigenvalue weighted by Gasteiger charge is 2.19. The van der Waals surface area contributed by atoms with Crippen LogP contribution < -0.4 is 0 Å². The number of alkyl halides is 1. The SMILES string of the molecule is Clc1ccc(CC(Br)c2cc3c(s2)CCC3)cc1Cl. The molecule has 1 aliphatic rings. The van der Waals surface area contributed by atoms with E-state index in [1.165, 1.54) is 29.7 Å². The molecule has 1 aliphatic carbocycles. The Hall–Kier alpha value is -0.0200. The van der Waals surface area contributed by atoms with Gasteiger partial charge in [-0.25, -0.2) is 0 Å². The highest BCUT2D eigenvalue weighted by molar-refractivity contribution is 9.09. The number of rotatable bonds is 3. The number of aryl methyl sites for hydroxylation is 2. The molecule has 0 radical (unpaired) electrons. The maximum Gasteiger partial charge on any atom is 0.0595 e. The van der Waals surface area contributed by atoms with Crippen molar-refractivity contribution in [3.8, 4) is 0 Å². The molecule has 1 aromatic heterocycles. The van der Waals surface area contributed by atoms with Crippen LogP contribution in [0.2, 0.25) is 10.0 Å². The lowest BCUT2D eigenvalue weighted by Gasteiger charge is -2.09. The number of hydrogen-bond acceptors (Lipinski definition) is 1. The molecule has 100 valence electrons. The molecule has 0 spiro atoms. The van der Waals surface area contributed by atoms with Crippen LogP contribution in [0.5, 0.6) is 0 Å². The first kappa shape index (κ1) is 13.9. The number of fused-ring (bicyclic) bond motifs is 1. The average Bonchev–Trinajstić information content (AvgIpc) is 2.94. The van der Waals surface area contributed by atoms with E-state index < -0.39 is 0 Å². The highest BCUT2D eigenvalue weighted by Crippen LogP contribution is 2.38. The van der Waals surface area contributed by atoms with Crippen LogP contribution in [-0.4, -0.2) is 0 Å². The molecule has 0 bridgehead atoms. The Kier molecular flexibility index (Phi) is 4.23. The zero-order valence-corrected chi connectivity index (χ0v) is 14.2. The third kappa shape index (κ3) is 3.02. The van der Waals surface area contributed by atoms with Gasteiger partial charge in [0.2, 0.25) is 0 Å². The van der Waals surface area contributed by atoms with Crippen LogP contribution in [0.3, 0.4) is 0 Å². The van der Waals surface area contributed by atoms with Gasteiger partial charge >= 0.3 is 0 Å². The molecule has 1 aromatic carbocycles. The first-order chi connectivity index (χ1) is 9.13. The van der Waals surface area contributed by atoms with E-state index in [4.69, 9.17) is 23.2 Å². The summed E-state index contributed by atoms with van der Waals surface area (Å²) in [6.45, 7) is 0. The largest absolute Gasteiger partial charge is 0.144 e. The second kappa shape index (κ2) is 5.77. The molecule has 2 aromatic rings. The smallest absolute Gasteiger partial charge is 0.0595 e. The fraction of sp³-hybridized carbons (Fsp3) is 0.333. The maximum absolute atomic E-state index is 6.06. The summed E-state index contributed by atoms with van der Waals surface area (Å²) in [4.78, 5) is 3.37. The van der Waals surface area contributed by atoms with Crippen LogP contribution in [0.15, 0.2) is 24.3 Å². The maximum atomic E-state index is 6.06.